The van der Waals surface area contributed by atoms with Gasteiger partial charge in [0.1, 0.15) is 0 Å². The number of carbonyl (C=O) groups is 1. The van der Waals surface area contributed by atoms with Gasteiger partial charge in [-0.3, -0.25) is 4.79 Å². The van der Waals surface area contributed by atoms with E-state index in [0.29, 0.717) is 18.5 Å². The van der Waals surface area contributed by atoms with Crippen molar-refractivity contribution in [2.24, 2.45) is 0 Å². The molecule has 0 saturated carbocycles. The summed E-state index contributed by atoms with van der Waals surface area (Å²) in [5.41, 5.74) is 3.36. The highest BCUT2D eigenvalue weighted by Gasteiger charge is 2.08. The van der Waals surface area contributed by atoms with Crippen LogP contribution in [0.4, 0.5) is 0 Å². The minimum Gasteiger partial charge on any atom is -0.504 e. The van der Waals surface area contributed by atoms with Crippen molar-refractivity contribution in [2.75, 3.05) is 6.54 Å². The number of phenols is 2. The molecule has 1 heterocycles. The first-order valence-corrected chi connectivity index (χ1v) is 8.07. The van der Waals surface area contributed by atoms with Crippen LogP contribution in [0.5, 0.6) is 11.5 Å². The molecular weight excluding hydrogens is 316 g/mol. The van der Waals surface area contributed by atoms with Gasteiger partial charge in [-0.1, -0.05) is 0 Å². The number of carbonyl (C=O) groups excluding carboxylic acids is 1. The monoisotopic (exact) mass is 336 g/mol. The van der Waals surface area contributed by atoms with Gasteiger partial charge in [0.15, 0.2) is 11.5 Å². The van der Waals surface area contributed by atoms with E-state index in [9.17, 15) is 15.0 Å². The molecule has 128 valence electrons. The number of hydrogen-bond donors (Lipinski definition) is 3. The second kappa shape index (κ2) is 7.13. The molecule has 3 aromatic rings. The summed E-state index contributed by atoms with van der Waals surface area (Å²) < 4.78 is 1.97. The van der Waals surface area contributed by atoms with Crippen LogP contribution in [-0.4, -0.2) is 27.2 Å². The number of rotatable bonds is 5. The van der Waals surface area contributed by atoms with Crippen LogP contribution in [0.1, 0.15) is 21.5 Å². The Labute approximate surface area is 146 Å². The third-order valence-corrected chi connectivity index (χ3v) is 4.15. The maximum atomic E-state index is 12.2. The van der Waals surface area contributed by atoms with Crippen LogP contribution in [0.3, 0.4) is 0 Å². The van der Waals surface area contributed by atoms with Gasteiger partial charge in [-0.15, -0.1) is 0 Å². The molecule has 1 aromatic heterocycles. The van der Waals surface area contributed by atoms with E-state index in [2.05, 4.69) is 5.32 Å². The van der Waals surface area contributed by atoms with Crippen LogP contribution >= 0.6 is 0 Å². The van der Waals surface area contributed by atoms with Gasteiger partial charge in [0.25, 0.3) is 5.91 Å². The lowest BCUT2D eigenvalue weighted by atomic mass is 10.0. The number of nitrogens with one attached hydrogen (secondary N) is 1. The van der Waals surface area contributed by atoms with Crippen molar-refractivity contribution in [3.8, 4) is 17.2 Å². The Bertz CT molecular complexity index is 869. The van der Waals surface area contributed by atoms with Crippen molar-refractivity contribution in [1.29, 1.82) is 0 Å². The van der Waals surface area contributed by atoms with Gasteiger partial charge in [-0.25, -0.2) is 0 Å². The minimum absolute atomic E-state index is 0.131. The van der Waals surface area contributed by atoms with Crippen molar-refractivity contribution in [3.05, 3.63) is 77.6 Å². The number of hydrogen-bond acceptors (Lipinski definition) is 3. The highest BCUT2D eigenvalue weighted by atomic mass is 16.3. The fraction of sp³-hybridized carbons (Fsp3) is 0.150. The summed E-state index contributed by atoms with van der Waals surface area (Å²) in [4.78, 5) is 12.2. The number of aromatic nitrogens is 1. The molecule has 0 bridgehead atoms. The SMILES string of the molecule is Cc1cc(O)c(O)cc1CCNC(=O)c1ccc(-n2cccc2)cc1. The second-order valence-corrected chi connectivity index (χ2v) is 5.91. The Morgan fingerprint density at radius 3 is 2.36 bits per heavy atom. The predicted octanol–water partition coefficient (Wildman–Crippen LogP) is 3.17. The second-order valence-electron chi connectivity index (χ2n) is 5.91. The molecule has 3 rings (SSSR count). The molecule has 0 atom stereocenters. The summed E-state index contributed by atoms with van der Waals surface area (Å²) in [5, 5.41) is 21.9. The number of phenolic OH excluding ortho intramolecular Hbond substituents is 2. The van der Waals surface area contributed by atoms with Crippen LogP contribution in [-0.2, 0) is 6.42 Å². The van der Waals surface area contributed by atoms with E-state index in [1.54, 1.807) is 12.1 Å². The van der Waals surface area contributed by atoms with Crippen LogP contribution in [0.25, 0.3) is 5.69 Å². The van der Waals surface area contributed by atoms with E-state index in [-0.39, 0.29) is 17.4 Å². The topological polar surface area (TPSA) is 74.5 Å². The van der Waals surface area contributed by atoms with Crippen LogP contribution in [0.2, 0.25) is 0 Å². The summed E-state index contributed by atoms with van der Waals surface area (Å²) in [6.45, 7) is 2.31. The molecule has 5 heteroatoms. The van der Waals surface area contributed by atoms with E-state index >= 15 is 0 Å². The molecule has 0 fully saturated rings. The number of amides is 1. The van der Waals surface area contributed by atoms with E-state index < -0.39 is 0 Å². The van der Waals surface area contributed by atoms with Crippen molar-refractivity contribution in [3.63, 3.8) is 0 Å². The molecule has 25 heavy (non-hydrogen) atoms. The zero-order chi connectivity index (χ0) is 17.8. The molecule has 0 unspecified atom stereocenters. The molecule has 5 nitrogen and oxygen atoms in total. The van der Waals surface area contributed by atoms with Crippen molar-refractivity contribution in [1.82, 2.24) is 9.88 Å². The number of aromatic hydroxyl groups is 2. The third kappa shape index (κ3) is 3.83. The smallest absolute Gasteiger partial charge is 0.251 e. The quantitative estimate of drug-likeness (QED) is 0.627. The molecule has 0 aliphatic heterocycles. The van der Waals surface area contributed by atoms with Crippen LogP contribution in [0, 0.1) is 6.92 Å². The first-order valence-electron chi connectivity index (χ1n) is 8.07. The highest BCUT2D eigenvalue weighted by Crippen LogP contribution is 2.28. The normalized spacial score (nSPS) is 10.6. The summed E-state index contributed by atoms with van der Waals surface area (Å²) in [6, 6.07) is 14.3. The average molecular weight is 336 g/mol. The van der Waals surface area contributed by atoms with Crippen LogP contribution < -0.4 is 5.32 Å². The lowest BCUT2D eigenvalue weighted by Crippen LogP contribution is -2.25. The van der Waals surface area contributed by atoms with E-state index in [0.717, 1.165) is 16.8 Å². The maximum Gasteiger partial charge on any atom is 0.251 e. The van der Waals surface area contributed by atoms with E-state index in [1.807, 2.05) is 48.1 Å². The fourth-order valence-electron chi connectivity index (χ4n) is 2.70. The molecule has 0 saturated heterocycles. The number of nitrogens with zero attached hydrogens (tertiary/aromatic N) is 1. The summed E-state index contributed by atoms with van der Waals surface area (Å²) >= 11 is 0. The van der Waals surface area contributed by atoms with Crippen molar-refractivity contribution in [2.45, 2.75) is 13.3 Å². The van der Waals surface area contributed by atoms with Gasteiger partial charge < -0.3 is 20.1 Å². The third-order valence-electron chi connectivity index (χ3n) is 4.15. The van der Waals surface area contributed by atoms with Gasteiger partial charge in [0, 0.05) is 30.2 Å². The largest absolute Gasteiger partial charge is 0.504 e. The fourth-order valence-corrected chi connectivity index (χ4v) is 2.70. The van der Waals surface area contributed by atoms with Crippen molar-refractivity contribution < 1.29 is 15.0 Å². The molecule has 0 spiro atoms. The molecule has 0 aliphatic rings. The Balaban J connectivity index is 1.59. The van der Waals surface area contributed by atoms with Crippen LogP contribution in [0.15, 0.2) is 60.9 Å². The van der Waals surface area contributed by atoms with E-state index in [4.69, 9.17) is 0 Å². The summed E-state index contributed by atoms with van der Waals surface area (Å²) in [7, 11) is 0. The minimum atomic E-state index is -0.146. The lowest BCUT2D eigenvalue weighted by Gasteiger charge is -2.10. The van der Waals surface area contributed by atoms with E-state index in [1.165, 1.54) is 12.1 Å². The predicted molar refractivity (Wildman–Crippen MR) is 96.3 cm³/mol. The Morgan fingerprint density at radius 1 is 1.04 bits per heavy atom. The molecule has 2 aromatic carbocycles. The molecule has 0 radical (unpaired) electrons. The standard InChI is InChI=1S/C20H20N2O3/c1-14-12-18(23)19(24)13-16(14)8-9-21-20(25)15-4-6-17(7-5-15)22-10-2-3-11-22/h2-7,10-13,23-24H,8-9H2,1H3,(H,21,25). The summed E-state index contributed by atoms with van der Waals surface area (Å²) in [6.07, 6.45) is 4.47. The highest BCUT2D eigenvalue weighted by molar-refractivity contribution is 5.94. The zero-order valence-corrected chi connectivity index (χ0v) is 13.9. The number of benzene rings is 2. The Hall–Kier alpha value is -3.21. The molecular formula is C20H20N2O3. The Morgan fingerprint density at radius 2 is 1.68 bits per heavy atom. The van der Waals surface area contributed by atoms with Gasteiger partial charge in [-0.2, -0.15) is 0 Å². The van der Waals surface area contributed by atoms with Gasteiger partial charge in [0.2, 0.25) is 0 Å². The molecule has 0 aliphatic carbocycles. The molecule has 1 amide bonds. The van der Waals surface area contributed by atoms with Gasteiger partial charge in [0.05, 0.1) is 0 Å². The Kier molecular flexibility index (Phi) is 4.75. The van der Waals surface area contributed by atoms with Crippen molar-refractivity contribution >= 4 is 5.91 Å². The first-order chi connectivity index (χ1) is 12.0. The average Bonchev–Trinajstić information content (AvgIpc) is 3.14. The molecule has 3 N–H and O–H groups in total. The lowest BCUT2D eigenvalue weighted by molar-refractivity contribution is 0.0954. The zero-order valence-electron chi connectivity index (χ0n) is 13.9. The maximum absolute atomic E-state index is 12.2. The van der Waals surface area contributed by atoms with Gasteiger partial charge in [-0.05, 0) is 73.0 Å². The van der Waals surface area contributed by atoms with Gasteiger partial charge >= 0.3 is 0 Å². The first kappa shape index (κ1) is 16.6. The number of aryl methyl sites for hydroxylation is 1. The summed E-state index contributed by atoms with van der Waals surface area (Å²) in [5.74, 6) is -0.416.